The zero-order valence-electron chi connectivity index (χ0n) is 11.1. The van der Waals surface area contributed by atoms with Crippen LogP contribution >= 0.6 is 23.2 Å². The number of esters is 1. The molecule has 104 valence electrons. The Hall–Kier alpha value is -1.58. The maximum atomic E-state index is 11.4. The number of ether oxygens (including phenoxy) is 1. The van der Waals surface area contributed by atoms with Crippen molar-refractivity contribution >= 4 is 46.2 Å². The standard InChI is InChI=1S/C15H13Cl2NO2/c1-3-20-14(19)5-4-10-6-9(2)18-13-8-11(16)7-12(17)15(10)13/h4-8H,3H2,1-2H3/b5-4+. The van der Waals surface area contributed by atoms with Gasteiger partial charge in [-0.25, -0.2) is 4.79 Å². The second-order valence-electron chi connectivity index (χ2n) is 4.22. The van der Waals surface area contributed by atoms with E-state index in [1.165, 1.54) is 6.08 Å². The van der Waals surface area contributed by atoms with Crippen molar-refractivity contribution in [2.75, 3.05) is 6.61 Å². The molecule has 0 unspecified atom stereocenters. The number of rotatable bonds is 3. The minimum atomic E-state index is -0.389. The van der Waals surface area contributed by atoms with E-state index < -0.39 is 0 Å². The van der Waals surface area contributed by atoms with Crippen LogP contribution in [0.25, 0.3) is 17.0 Å². The molecular formula is C15H13Cl2NO2. The molecule has 0 aliphatic rings. The molecule has 2 aromatic rings. The number of nitrogens with zero attached hydrogens (tertiary/aromatic N) is 1. The zero-order chi connectivity index (χ0) is 14.7. The Morgan fingerprint density at radius 3 is 2.80 bits per heavy atom. The Morgan fingerprint density at radius 2 is 2.10 bits per heavy atom. The van der Waals surface area contributed by atoms with E-state index >= 15 is 0 Å². The summed E-state index contributed by atoms with van der Waals surface area (Å²) in [5, 5.41) is 1.80. The van der Waals surface area contributed by atoms with Gasteiger partial charge in [0.05, 0.1) is 17.1 Å². The van der Waals surface area contributed by atoms with Gasteiger partial charge in [0.1, 0.15) is 0 Å². The fraction of sp³-hybridized carbons (Fsp3) is 0.200. The molecule has 0 aliphatic heterocycles. The predicted molar refractivity (Wildman–Crippen MR) is 82.2 cm³/mol. The Balaban J connectivity index is 2.55. The van der Waals surface area contributed by atoms with E-state index in [0.29, 0.717) is 22.2 Å². The molecule has 0 aliphatic carbocycles. The molecule has 1 aromatic heterocycles. The van der Waals surface area contributed by atoms with E-state index in [9.17, 15) is 4.79 Å². The molecule has 1 heterocycles. The highest BCUT2D eigenvalue weighted by molar-refractivity contribution is 6.39. The first-order valence-electron chi connectivity index (χ1n) is 6.12. The van der Waals surface area contributed by atoms with Crippen molar-refractivity contribution in [2.24, 2.45) is 0 Å². The summed E-state index contributed by atoms with van der Waals surface area (Å²) in [6.07, 6.45) is 3.05. The zero-order valence-corrected chi connectivity index (χ0v) is 12.6. The van der Waals surface area contributed by atoms with Crippen molar-refractivity contribution in [2.45, 2.75) is 13.8 Å². The number of pyridine rings is 1. The van der Waals surface area contributed by atoms with E-state index in [1.807, 2.05) is 13.0 Å². The highest BCUT2D eigenvalue weighted by Crippen LogP contribution is 2.30. The molecule has 5 heteroatoms. The van der Waals surface area contributed by atoms with Gasteiger partial charge >= 0.3 is 5.97 Å². The number of hydrogen-bond donors (Lipinski definition) is 0. The van der Waals surface area contributed by atoms with Crippen molar-refractivity contribution in [3.8, 4) is 0 Å². The summed E-state index contributed by atoms with van der Waals surface area (Å²) in [6, 6.07) is 5.26. The molecule has 0 amide bonds. The average molecular weight is 310 g/mol. The third kappa shape index (κ3) is 3.30. The lowest BCUT2D eigenvalue weighted by atomic mass is 10.1. The summed E-state index contributed by atoms with van der Waals surface area (Å²) in [7, 11) is 0. The minimum absolute atomic E-state index is 0.343. The van der Waals surface area contributed by atoms with E-state index in [1.54, 1.807) is 25.1 Å². The average Bonchev–Trinajstić information content (AvgIpc) is 2.35. The van der Waals surface area contributed by atoms with E-state index in [4.69, 9.17) is 27.9 Å². The third-order valence-corrected chi connectivity index (χ3v) is 3.19. The normalized spacial score (nSPS) is 11.2. The van der Waals surface area contributed by atoms with Crippen LogP contribution in [-0.4, -0.2) is 17.6 Å². The summed E-state index contributed by atoms with van der Waals surface area (Å²) in [5.41, 5.74) is 2.33. The van der Waals surface area contributed by atoms with Crippen LogP contribution < -0.4 is 0 Å². The number of fused-ring (bicyclic) bond motifs is 1. The molecule has 20 heavy (non-hydrogen) atoms. The summed E-state index contributed by atoms with van der Waals surface area (Å²) in [5.74, 6) is -0.389. The van der Waals surface area contributed by atoms with Crippen LogP contribution in [0, 0.1) is 6.92 Å². The highest BCUT2D eigenvalue weighted by Gasteiger charge is 2.08. The van der Waals surface area contributed by atoms with Crippen LogP contribution in [0.3, 0.4) is 0 Å². The van der Waals surface area contributed by atoms with E-state index in [-0.39, 0.29) is 5.97 Å². The summed E-state index contributed by atoms with van der Waals surface area (Å²) >= 11 is 12.2. The van der Waals surface area contributed by atoms with Crippen molar-refractivity contribution < 1.29 is 9.53 Å². The SMILES string of the molecule is CCOC(=O)/C=C/c1cc(C)nc2cc(Cl)cc(Cl)c12. The largest absolute Gasteiger partial charge is 0.463 e. The van der Waals surface area contributed by atoms with Gasteiger partial charge in [-0.3, -0.25) is 4.98 Å². The Kier molecular flexibility index (Phi) is 4.63. The van der Waals surface area contributed by atoms with Gasteiger partial charge in [0.25, 0.3) is 0 Å². The van der Waals surface area contributed by atoms with Crippen molar-refractivity contribution in [1.82, 2.24) is 4.98 Å². The van der Waals surface area contributed by atoms with Gasteiger partial charge in [-0.05, 0) is 43.7 Å². The molecule has 0 fully saturated rings. The van der Waals surface area contributed by atoms with Crippen LogP contribution in [0.4, 0.5) is 0 Å². The van der Waals surface area contributed by atoms with Gasteiger partial charge in [0.15, 0.2) is 0 Å². The van der Waals surface area contributed by atoms with E-state index in [2.05, 4.69) is 4.98 Å². The quantitative estimate of drug-likeness (QED) is 0.622. The smallest absolute Gasteiger partial charge is 0.330 e. The summed E-state index contributed by atoms with van der Waals surface area (Å²) in [6.45, 7) is 3.97. The molecule has 0 atom stereocenters. The number of halogens is 2. The second kappa shape index (κ2) is 6.25. The van der Waals surface area contributed by atoms with Gasteiger partial charge < -0.3 is 4.74 Å². The lowest BCUT2D eigenvalue weighted by molar-refractivity contribution is -0.137. The number of benzene rings is 1. The minimum Gasteiger partial charge on any atom is -0.463 e. The van der Waals surface area contributed by atoms with Gasteiger partial charge in [0.2, 0.25) is 0 Å². The number of aryl methyl sites for hydroxylation is 1. The lowest BCUT2D eigenvalue weighted by Crippen LogP contribution is -1.98. The van der Waals surface area contributed by atoms with E-state index in [0.717, 1.165) is 16.6 Å². The van der Waals surface area contributed by atoms with Crippen molar-refractivity contribution in [1.29, 1.82) is 0 Å². The Labute approximate surface area is 127 Å². The van der Waals surface area contributed by atoms with Crippen LogP contribution in [-0.2, 0) is 9.53 Å². The topological polar surface area (TPSA) is 39.2 Å². The Bertz CT molecular complexity index is 691. The lowest BCUT2D eigenvalue weighted by Gasteiger charge is -2.07. The van der Waals surface area contributed by atoms with Gasteiger partial charge in [-0.15, -0.1) is 0 Å². The molecule has 0 saturated carbocycles. The molecule has 2 rings (SSSR count). The van der Waals surface area contributed by atoms with Crippen LogP contribution in [0.1, 0.15) is 18.2 Å². The molecule has 0 saturated heterocycles. The van der Waals surface area contributed by atoms with Gasteiger partial charge in [-0.2, -0.15) is 0 Å². The highest BCUT2D eigenvalue weighted by atomic mass is 35.5. The summed E-state index contributed by atoms with van der Waals surface area (Å²) in [4.78, 5) is 15.8. The number of carbonyl (C=O) groups excluding carboxylic acids is 1. The maximum Gasteiger partial charge on any atom is 0.330 e. The fourth-order valence-electron chi connectivity index (χ4n) is 1.93. The first-order valence-corrected chi connectivity index (χ1v) is 6.88. The Morgan fingerprint density at radius 1 is 1.35 bits per heavy atom. The van der Waals surface area contributed by atoms with Gasteiger partial charge in [0, 0.05) is 22.2 Å². The molecule has 0 radical (unpaired) electrons. The predicted octanol–water partition coefficient (Wildman–Crippen LogP) is 4.43. The summed E-state index contributed by atoms with van der Waals surface area (Å²) < 4.78 is 4.86. The fourth-order valence-corrected chi connectivity index (χ4v) is 2.52. The van der Waals surface area contributed by atoms with Crippen molar-refractivity contribution in [3.05, 3.63) is 45.6 Å². The number of carbonyl (C=O) groups is 1. The number of aromatic nitrogens is 1. The molecule has 0 bridgehead atoms. The maximum absolute atomic E-state index is 11.4. The molecular weight excluding hydrogens is 297 g/mol. The number of hydrogen-bond acceptors (Lipinski definition) is 3. The van der Waals surface area contributed by atoms with Crippen LogP contribution in [0.2, 0.25) is 10.0 Å². The molecule has 0 spiro atoms. The van der Waals surface area contributed by atoms with Crippen LogP contribution in [0.15, 0.2) is 24.3 Å². The second-order valence-corrected chi connectivity index (χ2v) is 5.06. The first-order chi connectivity index (χ1) is 9.51. The molecule has 0 N–H and O–H groups in total. The van der Waals surface area contributed by atoms with Gasteiger partial charge in [-0.1, -0.05) is 23.2 Å². The first kappa shape index (κ1) is 14.8. The third-order valence-electron chi connectivity index (χ3n) is 2.67. The van der Waals surface area contributed by atoms with Crippen LogP contribution in [0.5, 0.6) is 0 Å². The molecule has 1 aromatic carbocycles. The van der Waals surface area contributed by atoms with Crippen molar-refractivity contribution in [3.63, 3.8) is 0 Å². The molecule has 3 nitrogen and oxygen atoms in total. The monoisotopic (exact) mass is 309 g/mol.